The topological polar surface area (TPSA) is 24.1 Å². The van der Waals surface area contributed by atoms with E-state index in [0.29, 0.717) is 11.5 Å². The summed E-state index contributed by atoms with van der Waals surface area (Å²) >= 11 is 0. The van der Waals surface area contributed by atoms with Gasteiger partial charge in [-0.3, -0.25) is 0 Å². The van der Waals surface area contributed by atoms with Crippen molar-refractivity contribution in [2.24, 2.45) is 11.3 Å². The number of nitrogens with one attached hydrogen (secondary N) is 2. The largest absolute Gasteiger partial charge is 0.315 e. The van der Waals surface area contributed by atoms with E-state index in [1.165, 1.54) is 51.6 Å². The lowest BCUT2D eigenvalue weighted by molar-refractivity contribution is 0.205. The van der Waals surface area contributed by atoms with E-state index < -0.39 is 0 Å². The molecule has 1 saturated heterocycles. The highest BCUT2D eigenvalue weighted by atomic mass is 15.0. The summed E-state index contributed by atoms with van der Waals surface area (Å²) in [6, 6.07) is 0.715. The second-order valence-electron chi connectivity index (χ2n) is 6.33. The summed E-state index contributed by atoms with van der Waals surface area (Å²) in [7, 11) is 0. The van der Waals surface area contributed by atoms with Crippen molar-refractivity contribution in [2.75, 3.05) is 19.6 Å². The fourth-order valence-electron chi connectivity index (χ4n) is 3.28. The van der Waals surface area contributed by atoms with Crippen LogP contribution in [0.15, 0.2) is 0 Å². The van der Waals surface area contributed by atoms with Crippen molar-refractivity contribution in [3.05, 3.63) is 0 Å². The quantitative estimate of drug-likeness (QED) is 0.767. The molecule has 16 heavy (non-hydrogen) atoms. The van der Waals surface area contributed by atoms with E-state index in [-0.39, 0.29) is 0 Å². The van der Waals surface area contributed by atoms with Crippen molar-refractivity contribution in [2.45, 2.75) is 58.4 Å². The van der Waals surface area contributed by atoms with Gasteiger partial charge in [-0.15, -0.1) is 0 Å². The molecule has 94 valence electrons. The van der Waals surface area contributed by atoms with Gasteiger partial charge in [0.1, 0.15) is 0 Å². The van der Waals surface area contributed by atoms with Crippen molar-refractivity contribution in [3.63, 3.8) is 0 Å². The molecule has 1 aliphatic carbocycles. The minimum absolute atomic E-state index is 0.583. The van der Waals surface area contributed by atoms with E-state index in [1.54, 1.807) is 0 Å². The molecule has 2 nitrogen and oxygen atoms in total. The summed E-state index contributed by atoms with van der Waals surface area (Å²) in [4.78, 5) is 0. The fraction of sp³-hybridized carbons (Fsp3) is 1.00. The zero-order chi connectivity index (χ0) is 11.4. The molecule has 2 unspecified atom stereocenters. The van der Waals surface area contributed by atoms with Crippen molar-refractivity contribution in [1.29, 1.82) is 0 Å². The van der Waals surface area contributed by atoms with Gasteiger partial charge in [0.05, 0.1) is 0 Å². The number of hydrogen-bond donors (Lipinski definition) is 2. The van der Waals surface area contributed by atoms with Crippen molar-refractivity contribution >= 4 is 0 Å². The Kier molecular flexibility index (Phi) is 4.26. The first kappa shape index (κ1) is 12.4. The molecule has 2 fully saturated rings. The third-order valence-electron chi connectivity index (χ3n) is 4.67. The fourth-order valence-corrected chi connectivity index (χ4v) is 3.28. The molecule has 0 aromatic rings. The van der Waals surface area contributed by atoms with Gasteiger partial charge in [-0.05, 0) is 37.1 Å². The molecule has 0 bridgehead atoms. The van der Waals surface area contributed by atoms with Crippen LogP contribution in [0.3, 0.4) is 0 Å². The summed E-state index contributed by atoms with van der Waals surface area (Å²) < 4.78 is 0. The second-order valence-corrected chi connectivity index (χ2v) is 6.33. The van der Waals surface area contributed by atoms with Gasteiger partial charge >= 0.3 is 0 Å². The average molecular weight is 224 g/mol. The number of hydrogen-bond acceptors (Lipinski definition) is 2. The first-order valence-electron chi connectivity index (χ1n) is 7.14. The lowest BCUT2D eigenvalue weighted by atomic mass is 9.76. The third kappa shape index (κ3) is 3.21. The molecule has 2 N–H and O–H groups in total. The Morgan fingerprint density at radius 1 is 1.25 bits per heavy atom. The Balaban J connectivity index is 1.66. The molecule has 0 aromatic carbocycles. The molecule has 0 amide bonds. The van der Waals surface area contributed by atoms with Gasteiger partial charge in [-0.1, -0.05) is 33.1 Å². The van der Waals surface area contributed by atoms with Gasteiger partial charge in [0.25, 0.3) is 0 Å². The van der Waals surface area contributed by atoms with Crippen LogP contribution >= 0.6 is 0 Å². The summed E-state index contributed by atoms with van der Waals surface area (Å²) in [6.45, 7) is 8.43. The van der Waals surface area contributed by atoms with Gasteiger partial charge in [0.2, 0.25) is 0 Å². The minimum atomic E-state index is 0.583. The van der Waals surface area contributed by atoms with Crippen LogP contribution in [0.25, 0.3) is 0 Å². The Morgan fingerprint density at radius 3 is 2.62 bits per heavy atom. The summed E-state index contributed by atoms with van der Waals surface area (Å²) in [5.41, 5.74) is 0.583. The van der Waals surface area contributed by atoms with Crippen LogP contribution in [-0.2, 0) is 0 Å². The van der Waals surface area contributed by atoms with E-state index >= 15 is 0 Å². The zero-order valence-corrected chi connectivity index (χ0v) is 11.0. The van der Waals surface area contributed by atoms with Crippen molar-refractivity contribution in [3.8, 4) is 0 Å². The normalized spacial score (nSPS) is 34.1. The van der Waals surface area contributed by atoms with E-state index in [2.05, 4.69) is 24.5 Å². The molecule has 0 spiro atoms. The van der Waals surface area contributed by atoms with Crippen LogP contribution in [0.5, 0.6) is 0 Å². The zero-order valence-electron chi connectivity index (χ0n) is 11.0. The smallest absolute Gasteiger partial charge is 0.0218 e. The molecule has 2 rings (SSSR count). The minimum Gasteiger partial charge on any atom is -0.315 e. The maximum atomic E-state index is 3.71. The molecule has 2 atom stereocenters. The average Bonchev–Trinajstić information content (AvgIpc) is 2.65. The molecular weight excluding hydrogens is 196 g/mol. The van der Waals surface area contributed by atoms with Gasteiger partial charge in [-0.25, -0.2) is 0 Å². The number of rotatable bonds is 4. The molecule has 1 aliphatic heterocycles. The van der Waals surface area contributed by atoms with Gasteiger partial charge < -0.3 is 10.6 Å². The molecule has 2 aliphatic rings. The van der Waals surface area contributed by atoms with Crippen LogP contribution in [0.2, 0.25) is 0 Å². The first-order chi connectivity index (χ1) is 7.70. The molecular formula is C14H28N2. The predicted octanol–water partition coefficient (Wildman–Crippen LogP) is 2.54. The molecule has 1 saturated carbocycles. The van der Waals surface area contributed by atoms with Gasteiger partial charge in [0, 0.05) is 19.1 Å². The van der Waals surface area contributed by atoms with E-state index in [1.807, 2.05) is 0 Å². The third-order valence-corrected chi connectivity index (χ3v) is 4.67. The SMILES string of the molecule is CC1CCNC1CNCC1(C)CCCCC1. The lowest BCUT2D eigenvalue weighted by Gasteiger charge is -2.34. The van der Waals surface area contributed by atoms with Crippen LogP contribution in [-0.4, -0.2) is 25.7 Å². The Labute approximate surface area is 101 Å². The highest BCUT2D eigenvalue weighted by Gasteiger charge is 2.27. The highest BCUT2D eigenvalue weighted by Crippen LogP contribution is 2.34. The first-order valence-corrected chi connectivity index (χ1v) is 7.14. The monoisotopic (exact) mass is 224 g/mol. The molecule has 0 aromatic heterocycles. The van der Waals surface area contributed by atoms with E-state index in [9.17, 15) is 0 Å². The lowest BCUT2D eigenvalue weighted by Crippen LogP contribution is -2.42. The molecule has 0 radical (unpaired) electrons. The maximum absolute atomic E-state index is 3.71. The van der Waals surface area contributed by atoms with Crippen LogP contribution in [0.4, 0.5) is 0 Å². The van der Waals surface area contributed by atoms with Gasteiger partial charge in [0.15, 0.2) is 0 Å². The Morgan fingerprint density at radius 2 is 2.00 bits per heavy atom. The van der Waals surface area contributed by atoms with Gasteiger partial charge in [-0.2, -0.15) is 0 Å². The van der Waals surface area contributed by atoms with Crippen LogP contribution in [0.1, 0.15) is 52.4 Å². The summed E-state index contributed by atoms with van der Waals surface area (Å²) in [5.74, 6) is 0.853. The maximum Gasteiger partial charge on any atom is 0.0218 e. The van der Waals surface area contributed by atoms with E-state index in [0.717, 1.165) is 12.5 Å². The summed E-state index contributed by atoms with van der Waals surface area (Å²) in [5, 5.41) is 7.30. The predicted molar refractivity (Wildman–Crippen MR) is 69.6 cm³/mol. The molecule has 1 heterocycles. The van der Waals surface area contributed by atoms with Crippen LogP contribution < -0.4 is 10.6 Å². The Bertz CT molecular complexity index is 209. The van der Waals surface area contributed by atoms with Crippen molar-refractivity contribution < 1.29 is 0 Å². The van der Waals surface area contributed by atoms with E-state index in [4.69, 9.17) is 0 Å². The molecule has 2 heteroatoms. The van der Waals surface area contributed by atoms with Crippen LogP contribution in [0, 0.1) is 11.3 Å². The highest BCUT2D eigenvalue weighted by molar-refractivity contribution is 4.85. The standard InChI is InChI=1S/C14H28N2/c1-12-6-9-16-13(12)10-15-11-14(2)7-4-3-5-8-14/h12-13,15-16H,3-11H2,1-2H3. The summed E-state index contributed by atoms with van der Waals surface area (Å²) in [6.07, 6.45) is 8.54. The Hall–Kier alpha value is -0.0800. The van der Waals surface area contributed by atoms with Crippen molar-refractivity contribution in [1.82, 2.24) is 10.6 Å². The second kappa shape index (κ2) is 5.50.